The molecule has 1 heterocycles. The van der Waals surface area contributed by atoms with Gasteiger partial charge < -0.3 is 10.6 Å². The van der Waals surface area contributed by atoms with Crippen LogP contribution in [0.2, 0.25) is 5.02 Å². The Morgan fingerprint density at radius 1 is 1.17 bits per heavy atom. The van der Waals surface area contributed by atoms with Gasteiger partial charge in [-0.25, -0.2) is 9.18 Å². The van der Waals surface area contributed by atoms with Gasteiger partial charge in [-0.3, -0.25) is 14.5 Å². The first-order chi connectivity index (χ1) is 13.8. The van der Waals surface area contributed by atoms with Gasteiger partial charge in [0, 0.05) is 5.02 Å². The van der Waals surface area contributed by atoms with Gasteiger partial charge in [0.2, 0.25) is 5.91 Å². The number of halogens is 2. The number of hydrogen-bond acceptors (Lipinski definition) is 3. The lowest BCUT2D eigenvalue weighted by Crippen LogP contribution is -2.45. The predicted molar refractivity (Wildman–Crippen MR) is 107 cm³/mol. The molecule has 0 radical (unpaired) electrons. The van der Waals surface area contributed by atoms with Gasteiger partial charge in [-0.1, -0.05) is 42.8 Å². The second-order valence-corrected chi connectivity index (χ2v) is 7.36. The highest BCUT2D eigenvalue weighted by molar-refractivity contribution is 6.30. The first-order valence-electron chi connectivity index (χ1n) is 9.22. The van der Waals surface area contributed by atoms with Gasteiger partial charge >= 0.3 is 6.03 Å². The number of hydrogen-bond donors (Lipinski definition) is 2. The number of urea groups is 1. The molecule has 152 valence electrons. The van der Waals surface area contributed by atoms with Crippen molar-refractivity contribution >= 4 is 29.4 Å². The summed E-state index contributed by atoms with van der Waals surface area (Å²) in [5, 5.41) is 5.96. The summed E-state index contributed by atoms with van der Waals surface area (Å²) in [6, 6.07) is 11.4. The van der Waals surface area contributed by atoms with E-state index in [1.54, 1.807) is 50.2 Å². The maximum atomic E-state index is 13.1. The van der Waals surface area contributed by atoms with Crippen molar-refractivity contribution in [1.82, 2.24) is 15.5 Å². The highest BCUT2D eigenvalue weighted by Gasteiger charge is 2.51. The standard InChI is InChI=1S/C21H21ClFN3O3/c1-3-21(15-6-8-16(22)9-7-15)19(28)26(20(29)25-21)12-18(27)24-13(2)14-4-10-17(23)11-5-14/h4-11,13H,3,12H2,1-2H3,(H,24,27)(H,25,29)/t13-,21+/m1/s1. The Bertz CT molecular complexity index is 933. The van der Waals surface area contributed by atoms with Gasteiger partial charge in [0.25, 0.3) is 5.91 Å². The molecule has 0 aliphatic carbocycles. The summed E-state index contributed by atoms with van der Waals surface area (Å²) >= 11 is 5.92. The van der Waals surface area contributed by atoms with Crippen LogP contribution in [-0.4, -0.2) is 29.3 Å². The van der Waals surface area contributed by atoms with Crippen molar-refractivity contribution in [2.75, 3.05) is 6.54 Å². The van der Waals surface area contributed by atoms with Crippen LogP contribution in [0.3, 0.4) is 0 Å². The van der Waals surface area contributed by atoms with Gasteiger partial charge in [0.05, 0.1) is 6.04 Å². The zero-order valence-corrected chi connectivity index (χ0v) is 16.8. The van der Waals surface area contributed by atoms with Crippen LogP contribution < -0.4 is 10.6 Å². The van der Waals surface area contributed by atoms with Crippen LogP contribution in [-0.2, 0) is 15.1 Å². The van der Waals surface area contributed by atoms with Crippen LogP contribution in [0.15, 0.2) is 48.5 Å². The lowest BCUT2D eigenvalue weighted by Gasteiger charge is -2.26. The van der Waals surface area contributed by atoms with Gasteiger partial charge in [0.15, 0.2) is 0 Å². The molecule has 1 aliphatic heterocycles. The topological polar surface area (TPSA) is 78.5 Å². The number of benzene rings is 2. The fourth-order valence-electron chi connectivity index (χ4n) is 3.41. The summed E-state index contributed by atoms with van der Waals surface area (Å²) in [6.07, 6.45) is 0.323. The third-order valence-corrected chi connectivity index (χ3v) is 5.34. The molecule has 2 atom stereocenters. The van der Waals surface area contributed by atoms with Crippen LogP contribution in [0, 0.1) is 5.82 Å². The molecule has 4 amide bonds. The molecule has 1 saturated heterocycles. The Morgan fingerprint density at radius 2 is 1.79 bits per heavy atom. The summed E-state index contributed by atoms with van der Waals surface area (Å²) in [4.78, 5) is 38.9. The van der Waals surface area contributed by atoms with Crippen LogP contribution >= 0.6 is 11.6 Å². The van der Waals surface area contributed by atoms with Crippen molar-refractivity contribution in [3.63, 3.8) is 0 Å². The Kier molecular flexibility index (Phi) is 5.88. The van der Waals surface area contributed by atoms with Crippen molar-refractivity contribution in [3.8, 4) is 0 Å². The lowest BCUT2D eigenvalue weighted by molar-refractivity contribution is -0.135. The second-order valence-electron chi connectivity index (χ2n) is 6.93. The summed E-state index contributed by atoms with van der Waals surface area (Å²) in [5.41, 5.74) is 0.0798. The zero-order valence-electron chi connectivity index (χ0n) is 16.0. The zero-order chi connectivity index (χ0) is 21.2. The van der Waals surface area contributed by atoms with E-state index in [9.17, 15) is 18.8 Å². The molecule has 3 rings (SSSR count). The fraction of sp³-hybridized carbons (Fsp3) is 0.286. The first kappa shape index (κ1) is 20.8. The SMILES string of the molecule is CC[C@@]1(c2ccc(Cl)cc2)NC(=O)N(CC(=O)N[C@H](C)c2ccc(F)cc2)C1=O. The van der Waals surface area contributed by atoms with Crippen molar-refractivity contribution in [1.29, 1.82) is 0 Å². The minimum atomic E-state index is -1.23. The normalized spacial score (nSPS) is 19.8. The van der Waals surface area contributed by atoms with Gasteiger partial charge in [0.1, 0.15) is 17.9 Å². The van der Waals surface area contributed by atoms with Crippen LogP contribution in [0.5, 0.6) is 0 Å². The van der Waals surface area contributed by atoms with E-state index in [-0.39, 0.29) is 5.82 Å². The van der Waals surface area contributed by atoms with E-state index in [0.717, 1.165) is 4.90 Å². The Hall–Kier alpha value is -2.93. The molecule has 0 saturated carbocycles. The summed E-state index contributed by atoms with van der Waals surface area (Å²) in [7, 11) is 0. The summed E-state index contributed by atoms with van der Waals surface area (Å²) < 4.78 is 13.1. The Morgan fingerprint density at radius 3 is 2.38 bits per heavy atom. The first-order valence-corrected chi connectivity index (χ1v) is 9.59. The molecule has 1 fully saturated rings. The molecule has 0 aromatic heterocycles. The molecule has 2 aromatic rings. The van der Waals surface area contributed by atoms with E-state index in [2.05, 4.69) is 10.6 Å². The number of nitrogens with zero attached hydrogens (tertiary/aromatic N) is 1. The number of carbonyl (C=O) groups excluding carboxylic acids is 3. The molecule has 0 unspecified atom stereocenters. The van der Waals surface area contributed by atoms with E-state index in [1.807, 2.05) is 0 Å². The quantitative estimate of drug-likeness (QED) is 0.706. The number of rotatable bonds is 6. The fourth-order valence-corrected chi connectivity index (χ4v) is 3.54. The number of nitrogens with one attached hydrogen (secondary N) is 2. The molecular formula is C21H21ClFN3O3. The predicted octanol–water partition coefficient (Wildman–Crippen LogP) is 3.51. The molecular weight excluding hydrogens is 397 g/mol. The van der Waals surface area contributed by atoms with Crippen molar-refractivity contribution < 1.29 is 18.8 Å². The molecule has 29 heavy (non-hydrogen) atoms. The molecule has 8 heteroatoms. The van der Waals surface area contributed by atoms with Crippen LogP contribution in [0.25, 0.3) is 0 Å². The maximum absolute atomic E-state index is 13.1. The largest absolute Gasteiger partial charge is 0.348 e. The number of carbonyl (C=O) groups is 3. The summed E-state index contributed by atoms with van der Waals surface area (Å²) in [5.74, 6) is -1.35. The van der Waals surface area contributed by atoms with E-state index >= 15 is 0 Å². The average molecular weight is 418 g/mol. The molecule has 1 aliphatic rings. The minimum absolute atomic E-state index is 0.323. The lowest BCUT2D eigenvalue weighted by atomic mass is 9.87. The monoisotopic (exact) mass is 417 g/mol. The van der Waals surface area contributed by atoms with Crippen molar-refractivity contribution in [2.45, 2.75) is 31.8 Å². The van der Waals surface area contributed by atoms with Gasteiger partial charge in [-0.2, -0.15) is 0 Å². The summed E-state index contributed by atoms with van der Waals surface area (Å²) in [6.45, 7) is 3.11. The second kappa shape index (κ2) is 8.21. The number of imide groups is 1. The van der Waals surface area contributed by atoms with Crippen LogP contribution in [0.4, 0.5) is 9.18 Å². The third-order valence-electron chi connectivity index (χ3n) is 5.09. The smallest absolute Gasteiger partial charge is 0.325 e. The Balaban J connectivity index is 1.73. The van der Waals surface area contributed by atoms with Gasteiger partial charge in [-0.15, -0.1) is 0 Å². The highest BCUT2D eigenvalue weighted by atomic mass is 35.5. The molecule has 2 N–H and O–H groups in total. The van der Waals surface area contributed by atoms with Gasteiger partial charge in [-0.05, 0) is 48.7 Å². The minimum Gasteiger partial charge on any atom is -0.348 e. The molecule has 2 aromatic carbocycles. The maximum Gasteiger partial charge on any atom is 0.325 e. The van der Waals surface area contributed by atoms with Crippen molar-refractivity contribution in [2.24, 2.45) is 0 Å². The average Bonchev–Trinajstić information content (AvgIpc) is 2.94. The molecule has 0 spiro atoms. The van der Waals surface area contributed by atoms with Crippen molar-refractivity contribution in [3.05, 3.63) is 70.5 Å². The number of amides is 4. The van der Waals surface area contributed by atoms with E-state index < -0.39 is 36.0 Å². The van der Waals surface area contributed by atoms with E-state index in [0.29, 0.717) is 22.6 Å². The van der Waals surface area contributed by atoms with E-state index in [4.69, 9.17) is 11.6 Å². The van der Waals surface area contributed by atoms with E-state index in [1.165, 1.54) is 12.1 Å². The highest BCUT2D eigenvalue weighted by Crippen LogP contribution is 2.33. The molecule has 6 nitrogen and oxygen atoms in total. The Labute approximate surface area is 173 Å². The molecule has 0 bridgehead atoms. The third kappa shape index (κ3) is 4.10. The van der Waals surface area contributed by atoms with Crippen LogP contribution in [0.1, 0.15) is 37.4 Å².